The van der Waals surface area contributed by atoms with Gasteiger partial charge in [0.15, 0.2) is 11.4 Å². The molecule has 5 heterocycles. The number of thioether (sulfide) groups is 1. The third kappa shape index (κ3) is 4.81. The van der Waals surface area contributed by atoms with Crippen LogP contribution in [-0.4, -0.2) is 80.9 Å². The highest BCUT2D eigenvalue weighted by Crippen LogP contribution is 2.38. The topological polar surface area (TPSA) is 124 Å². The van der Waals surface area contributed by atoms with Crippen LogP contribution in [0.25, 0.3) is 10.9 Å². The fourth-order valence-electron chi connectivity index (χ4n) is 6.29. The smallest absolute Gasteiger partial charge is 0.407 e. The molecule has 0 saturated carbocycles. The summed E-state index contributed by atoms with van der Waals surface area (Å²) in [4.78, 5) is 27.5. The predicted octanol–water partition coefficient (Wildman–Crippen LogP) is 4.20. The van der Waals surface area contributed by atoms with E-state index in [9.17, 15) is 15.2 Å². The van der Waals surface area contributed by atoms with Crippen LogP contribution in [0.2, 0.25) is 0 Å². The number of amides is 1. The highest BCUT2D eigenvalue weighted by Gasteiger charge is 2.34. The van der Waals surface area contributed by atoms with Gasteiger partial charge >= 0.3 is 6.09 Å². The third-order valence-corrected chi connectivity index (χ3v) is 8.81. The van der Waals surface area contributed by atoms with Crippen LogP contribution in [0.5, 0.6) is 0 Å². The van der Waals surface area contributed by atoms with E-state index in [0.29, 0.717) is 31.3 Å². The summed E-state index contributed by atoms with van der Waals surface area (Å²) in [6.07, 6.45) is 7.10. The quantitative estimate of drug-likeness (QED) is 0.357. The van der Waals surface area contributed by atoms with Crippen LogP contribution in [0.4, 0.5) is 16.3 Å². The number of rotatable bonds is 5. The minimum atomic E-state index is -0.979. The number of aromatic nitrogens is 4. The number of piperazine rings is 1. The number of nitrogens with zero attached hydrogens (tertiary/aromatic N) is 8. The normalized spacial score (nSPS) is 21.4. The maximum atomic E-state index is 11.7. The molecule has 0 bridgehead atoms. The Morgan fingerprint density at radius 2 is 2.10 bits per heavy atom. The third-order valence-electron chi connectivity index (χ3n) is 8.26. The molecule has 3 aliphatic heterocycles. The molecular formula is C28H34N8O3S. The van der Waals surface area contributed by atoms with Crippen molar-refractivity contribution in [3.05, 3.63) is 35.2 Å². The molecule has 0 radical (unpaired) electrons. The van der Waals surface area contributed by atoms with Gasteiger partial charge in [-0.15, -0.1) is 0 Å². The number of aryl methyl sites for hydroxylation is 1. The Labute approximate surface area is 237 Å². The molecule has 3 aromatic rings. The molecule has 6 rings (SSSR count). The molecule has 40 heavy (non-hydrogen) atoms. The molecule has 2 fully saturated rings. The van der Waals surface area contributed by atoms with Crippen molar-refractivity contribution in [3.63, 3.8) is 0 Å². The maximum absolute atomic E-state index is 11.7. The number of carbonyl (C=O) groups is 1. The zero-order chi connectivity index (χ0) is 27.8. The van der Waals surface area contributed by atoms with Crippen LogP contribution in [0.3, 0.4) is 0 Å². The van der Waals surface area contributed by atoms with Crippen molar-refractivity contribution in [1.82, 2.24) is 24.6 Å². The van der Waals surface area contributed by atoms with Crippen LogP contribution in [0.1, 0.15) is 48.7 Å². The molecule has 0 spiro atoms. The summed E-state index contributed by atoms with van der Waals surface area (Å²) in [5, 5.41) is 25.5. The summed E-state index contributed by atoms with van der Waals surface area (Å²) in [6.45, 7) is 5.71. The molecule has 11 nitrogen and oxygen atoms in total. The Balaban J connectivity index is 1.32. The van der Waals surface area contributed by atoms with Gasteiger partial charge in [0.05, 0.1) is 48.2 Å². The molecule has 1 unspecified atom stereocenters. The molecule has 2 atom stereocenters. The molecule has 0 aliphatic carbocycles. The van der Waals surface area contributed by atoms with Crippen molar-refractivity contribution in [2.24, 2.45) is 0 Å². The van der Waals surface area contributed by atoms with E-state index in [-0.39, 0.29) is 18.7 Å². The van der Waals surface area contributed by atoms with Crippen LogP contribution >= 0.6 is 11.8 Å². The first-order valence-corrected chi connectivity index (χ1v) is 15.1. The van der Waals surface area contributed by atoms with Gasteiger partial charge in [-0.2, -0.15) is 10.4 Å². The van der Waals surface area contributed by atoms with E-state index in [4.69, 9.17) is 19.8 Å². The number of nitriles is 1. The zero-order valence-corrected chi connectivity index (χ0v) is 23.7. The number of anilines is 2. The van der Waals surface area contributed by atoms with E-state index < -0.39 is 6.09 Å². The SMILES string of the molecule is CSc1nc2c(c(N3CCN(C(=O)O)[C@@H](CC#N)C3)n1)CCN(c1c(C)ccc3c1cnn3C1CCCCO1)C2. The lowest BCUT2D eigenvalue weighted by Crippen LogP contribution is -2.55. The van der Waals surface area contributed by atoms with Gasteiger partial charge in [0.2, 0.25) is 0 Å². The summed E-state index contributed by atoms with van der Waals surface area (Å²) in [7, 11) is 0. The number of hydrogen-bond donors (Lipinski definition) is 1. The fourth-order valence-corrected chi connectivity index (χ4v) is 6.67. The van der Waals surface area contributed by atoms with E-state index in [0.717, 1.165) is 66.8 Å². The molecule has 2 saturated heterocycles. The molecule has 2 aromatic heterocycles. The Kier molecular flexibility index (Phi) is 7.42. The molecule has 12 heteroatoms. The fraction of sp³-hybridized carbons (Fsp3) is 0.536. The second-order valence-electron chi connectivity index (χ2n) is 10.6. The first-order chi connectivity index (χ1) is 19.5. The second-order valence-corrected chi connectivity index (χ2v) is 11.4. The standard InChI is InChI=1S/C28H34N8O3S/c1-18-6-7-23-21(15-30-36(23)24-5-3-4-14-39-24)25(18)33-11-9-20-22(17-33)31-27(40-2)32-26(20)34-12-13-35(28(37)38)19(16-34)8-10-29/h6-7,15,19,24H,3-5,8-9,11-14,16-17H2,1-2H3,(H,37,38)/t19-,24?/m0/s1. The number of carboxylic acid groups (broad SMARTS) is 1. The van der Waals surface area contributed by atoms with Crippen LogP contribution in [0, 0.1) is 18.3 Å². The minimum Gasteiger partial charge on any atom is -0.465 e. The summed E-state index contributed by atoms with van der Waals surface area (Å²) in [5.41, 5.74) is 5.58. The van der Waals surface area contributed by atoms with Crippen molar-refractivity contribution in [2.75, 3.05) is 48.8 Å². The summed E-state index contributed by atoms with van der Waals surface area (Å²) in [5.74, 6) is 0.874. The van der Waals surface area contributed by atoms with E-state index >= 15 is 0 Å². The maximum Gasteiger partial charge on any atom is 0.407 e. The molecular weight excluding hydrogens is 528 g/mol. The van der Waals surface area contributed by atoms with Gasteiger partial charge in [0.1, 0.15) is 5.82 Å². The first kappa shape index (κ1) is 26.7. The summed E-state index contributed by atoms with van der Waals surface area (Å²) in [6, 6.07) is 6.09. The van der Waals surface area contributed by atoms with E-state index in [1.54, 1.807) is 0 Å². The number of fused-ring (bicyclic) bond motifs is 2. The van der Waals surface area contributed by atoms with E-state index in [1.807, 2.05) is 17.1 Å². The highest BCUT2D eigenvalue weighted by atomic mass is 32.2. The predicted molar refractivity (Wildman–Crippen MR) is 153 cm³/mol. The van der Waals surface area contributed by atoms with Gasteiger partial charge in [-0.3, -0.25) is 0 Å². The largest absolute Gasteiger partial charge is 0.465 e. The Hall–Kier alpha value is -3.56. The Morgan fingerprint density at radius 3 is 2.85 bits per heavy atom. The van der Waals surface area contributed by atoms with Crippen LogP contribution < -0.4 is 9.80 Å². The minimum absolute atomic E-state index is 0.0187. The molecule has 210 valence electrons. The van der Waals surface area contributed by atoms with Gasteiger partial charge in [0, 0.05) is 43.7 Å². The number of ether oxygens (including phenoxy) is 1. The van der Waals surface area contributed by atoms with Crippen molar-refractivity contribution < 1.29 is 14.6 Å². The summed E-state index contributed by atoms with van der Waals surface area (Å²) < 4.78 is 8.08. The average Bonchev–Trinajstić information content (AvgIpc) is 3.40. The van der Waals surface area contributed by atoms with Gasteiger partial charge in [-0.25, -0.2) is 19.4 Å². The Morgan fingerprint density at radius 1 is 1.23 bits per heavy atom. The van der Waals surface area contributed by atoms with Crippen LogP contribution in [-0.2, 0) is 17.7 Å². The van der Waals surface area contributed by atoms with Crippen molar-refractivity contribution in [2.45, 2.75) is 63.0 Å². The number of benzene rings is 1. The first-order valence-electron chi connectivity index (χ1n) is 13.9. The zero-order valence-electron chi connectivity index (χ0n) is 22.9. The monoisotopic (exact) mass is 562 g/mol. The molecule has 1 N–H and O–H groups in total. The van der Waals surface area contributed by atoms with E-state index in [1.165, 1.54) is 27.9 Å². The van der Waals surface area contributed by atoms with Gasteiger partial charge in [0.25, 0.3) is 0 Å². The van der Waals surface area contributed by atoms with Gasteiger partial charge < -0.3 is 24.5 Å². The van der Waals surface area contributed by atoms with Crippen molar-refractivity contribution in [1.29, 1.82) is 5.26 Å². The van der Waals surface area contributed by atoms with Crippen molar-refractivity contribution in [3.8, 4) is 6.07 Å². The second kappa shape index (κ2) is 11.1. The van der Waals surface area contributed by atoms with Gasteiger partial charge in [-0.1, -0.05) is 17.8 Å². The van der Waals surface area contributed by atoms with Gasteiger partial charge in [-0.05, 0) is 50.5 Å². The van der Waals surface area contributed by atoms with Crippen LogP contribution in [0.15, 0.2) is 23.5 Å². The average molecular weight is 563 g/mol. The number of hydrogen-bond acceptors (Lipinski definition) is 9. The molecule has 3 aliphatic rings. The lowest BCUT2D eigenvalue weighted by atomic mass is 10.0. The Bertz CT molecular complexity index is 1460. The summed E-state index contributed by atoms with van der Waals surface area (Å²) >= 11 is 1.51. The van der Waals surface area contributed by atoms with Crippen molar-refractivity contribution >= 4 is 40.3 Å². The lowest BCUT2D eigenvalue weighted by molar-refractivity contribution is -0.0366. The lowest BCUT2D eigenvalue weighted by Gasteiger charge is -2.41. The van der Waals surface area contributed by atoms with E-state index in [2.05, 4.69) is 34.9 Å². The highest BCUT2D eigenvalue weighted by molar-refractivity contribution is 7.98. The molecule has 1 amide bonds. The molecule has 1 aromatic carbocycles.